The van der Waals surface area contributed by atoms with E-state index in [1.807, 2.05) is 0 Å². The van der Waals surface area contributed by atoms with Crippen LogP contribution in [0.2, 0.25) is 0 Å². The Morgan fingerprint density at radius 3 is 2.71 bits per heavy atom. The van der Waals surface area contributed by atoms with Gasteiger partial charge in [0.05, 0.1) is 19.8 Å². The summed E-state index contributed by atoms with van der Waals surface area (Å²) in [5, 5.41) is 5.98. The third-order valence-corrected chi connectivity index (χ3v) is 2.44. The van der Waals surface area contributed by atoms with E-state index >= 15 is 0 Å². The second kappa shape index (κ2) is 11.8. The predicted octanol–water partition coefficient (Wildman–Crippen LogP) is 0.544. The second-order valence-electron chi connectivity index (χ2n) is 4.00. The van der Waals surface area contributed by atoms with Crippen molar-refractivity contribution in [3.05, 3.63) is 0 Å². The molecular formula is C12H26N2O3. The Kier molecular flexibility index (Phi) is 11.4. The number of hydrogen-bond donors (Lipinski definition) is 2. The monoisotopic (exact) mass is 246 g/mol. The highest BCUT2D eigenvalue weighted by Gasteiger charge is 2.02. The van der Waals surface area contributed by atoms with Gasteiger partial charge in [-0.15, -0.1) is 0 Å². The van der Waals surface area contributed by atoms with Crippen molar-refractivity contribution in [2.75, 3.05) is 40.0 Å². The van der Waals surface area contributed by atoms with Crippen molar-refractivity contribution in [2.45, 2.75) is 32.7 Å². The standard InChI is InChI=1S/C12H26N2O3/c1-4-11(2)14-10-12(15)13-6-5-7-17-9-8-16-3/h11,14H,4-10H2,1-3H3,(H,13,15). The van der Waals surface area contributed by atoms with Gasteiger partial charge in [0.2, 0.25) is 5.91 Å². The Hall–Kier alpha value is -0.650. The van der Waals surface area contributed by atoms with Gasteiger partial charge in [0.1, 0.15) is 0 Å². The fraction of sp³-hybridized carbons (Fsp3) is 0.917. The number of methoxy groups -OCH3 is 1. The molecule has 17 heavy (non-hydrogen) atoms. The molecule has 102 valence electrons. The molecule has 0 bridgehead atoms. The van der Waals surface area contributed by atoms with Gasteiger partial charge in [0, 0.05) is 26.3 Å². The van der Waals surface area contributed by atoms with Gasteiger partial charge in [0.25, 0.3) is 0 Å². The highest BCUT2D eigenvalue weighted by molar-refractivity contribution is 5.77. The number of nitrogens with one attached hydrogen (secondary N) is 2. The molecular weight excluding hydrogens is 220 g/mol. The Labute approximate surface area is 104 Å². The van der Waals surface area contributed by atoms with Crippen LogP contribution in [0.4, 0.5) is 0 Å². The molecule has 0 aliphatic carbocycles. The molecule has 0 aliphatic heterocycles. The van der Waals surface area contributed by atoms with Gasteiger partial charge >= 0.3 is 0 Å². The van der Waals surface area contributed by atoms with Gasteiger partial charge in [0.15, 0.2) is 0 Å². The number of hydrogen-bond acceptors (Lipinski definition) is 4. The molecule has 5 heteroatoms. The van der Waals surface area contributed by atoms with Gasteiger partial charge in [-0.3, -0.25) is 4.79 Å². The molecule has 0 heterocycles. The van der Waals surface area contributed by atoms with Crippen LogP contribution < -0.4 is 10.6 Å². The van der Waals surface area contributed by atoms with E-state index in [4.69, 9.17) is 9.47 Å². The minimum Gasteiger partial charge on any atom is -0.382 e. The van der Waals surface area contributed by atoms with Crippen molar-refractivity contribution in [3.63, 3.8) is 0 Å². The molecule has 0 saturated heterocycles. The van der Waals surface area contributed by atoms with E-state index in [1.54, 1.807) is 7.11 Å². The lowest BCUT2D eigenvalue weighted by Crippen LogP contribution is -2.38. The topological polar surface area (TPSA) is 59.6 Å². The molecule has 0 radical (unpaired) electrons. The van der Waals surface area contributed by atoms with Gasteiger partial charge in [-0.2, -0.15) is 0 Å². The maximum absolute atomic E-state index is 11.4. The van der Waals surface area contributed by atoms with Gasteiger partial charge in [-0.05, 0) is 19.8 Å². The normalized spacial score (nSPS) is 12.4. The number of amides is 1. The summed E-state index contributed by atoms with van der Waals surface area (Å²) in [6.45, 7) is 7.09. The van der Waals surface area contributed by atoms with Crippen LogP contribution in [0.25, 0.3) is 0 Å². The van der Waals surface area contributed by atoms with Crippen LogP contribution in [0.5, 0.6) is 0 Å². The molecule has 1 unspecified atom stereocenters. The van der Waals surface area contributed by atoms with Crippen LogP contribution in [0.15, 0.2) is 0 Å². The summed E-state index contributed by atoms with van der Waals surface area (Å²) >= 11 is 0. The summed E-state index contributed by atoms with van der Waals surface area (Å²) in [4.78, 5) is 11.4. The highest BCUT2D eigenvalue weighted by atomic mass is 16.5. The molecule has 1 atom stereocenters. The van der Waals surface area contributed by atoms with Crippen molar-refractivity contribution >= 4 is 5.91 Å². The van der Waals surface area contributed by atoms with E-state index in [0.29, 0.717) is 39.0 Å². The summed E-state index contributed by atoms with van der Waals surface area (Å²) in [5.74, 6) is 0.0437. The third kappa shape index (κ3) is 11.6. The first-order chi connectivity index (χ1) is 8.20. The maximum atomic E-state index is 11.4. The number of ether oxygens (including phenoxy) is 2. The molecule has 1 amide bonds. The van der Waals surface area contributed by atoms with Crippen molar-refractivity contribution in [3.8, 4) is 0 Å². The molecule has 2 N–H and O–H groups in total. The van der Waals surface area contributed by atoms with Crippen LogP contribution in [-0.4, -0.2) is 52.0 Å². The van der Waals surface area contributed by atoms with E-state index in [-0.39, 0.29) is 5.91 Å². The maximum Gasteiger partial charge on any atom is 0.233 e. The van der Waals surface area contributed by atoms with Crippen LogP contribution in [-0.2, 0) is 14.3 Å². The largest absolute Gasteiger partial charge is 0.382 e. The van der Waals surface area contributed by atoms with Gasteiger partial charge in [-0.25, -0.2) is 0 Å². The number of rotatable bonds is 11. The summed E-state index contributed by atoms with van der Waals surface area (Å²) in [6.07, 6.45) is 1.86. The van der Waals surface area contributed by atoms with Crippen LogP contribution >= 0.6 is 0 Å². The molecule has 0 saturated carbocycles. The van der Waals surface area contributed by atoms with Crippen molar-refractivity contribution in [1.29, 1.82) is 0 Å². The van der Waals surface area contributed by atoms with E-state index in [0.717, 1.165) is 12.8 Å². The zero-order chi connectivity index (χ0) is 12.9. The number of carbonyl (C=O) groups excluding carboxylic acids is 1. The first-order valence-electron chi connectivity index (χ1n) is 6.27. The van der Waals surface area contributed by atoms with Crippen molar-refractivity contribution in [2.24, 2.45) is 0 Å². The van der Waals surface area contributed by atoms with E-state index in [9.17, 15) is 4.79 Å². The lowest BCUT2D eigenvalue weighted by Gasteiger charge is -2.11. The molecule has 0 spiro atoms. The first-order valence-corrected chi connectivity index (χ1v) is 6.27. The SMILES string of the molecule is CCC(C)NCC(=O)NCCCOCCOC. The smallest absolute Gasteiger partial charge is 0.233 e. The van der Waals surface area contributed by atoms with E-state index < -0.39 is 0 Å². The fourth-order valence-corrected chi connectivity index (χ4v) is 1.12. The first kappa shape index (κ1) is 16.4. The minimum absolute atomic E-state index is 0.0437. The Morgan fingerprint density at radius 2 is 2.06 bits per heavy atom. The molecule has 0 aromatic rings. The molecule has 5 nitrogen and oxygen atoms in total. The Bertz CT molecular complexity index is 189. The summed E-state index contributed by atoms with van der Waals surface area (Å²) < 4.78 is 10.1. The minimum atomic E-state index is 0.0437. The predicted molar refractivity (Wildman–Crippen MR) is 68.1 cm³/mol. The highest BCUT2D eigenvalue weighted by Crippen LogP contribution is 1.86. The molecule has 0 aliphatic rings. The molecule has 0 fully saturated rings. The lowest BCUT2D eigenvalue weighted by molar-refractivity contribution is -0.120. The Balaban J connectivity index is 3.22. The zero-order valence-electron chi connectivity index (χ0n) is 11.3. The average Bonchev–Trinajstić information content (AvgIpc) is 2.34. The molecule has 0 aromatic carbocycles. The van der Waals surface area contributed by atoms with E-state index in [2.05, 4.69) is 24.5 Å². The van der Waals surface area contributed by atoms with Gasteiger partial charge in [-0.1, -0.05) is 6.92 Å². The molecule has 0 aromatic heterocycles. The number of carbonyl (C=O) groups is 1. The summed E-state index contributed by atoms with van der Waals surface area (Å²) in [7, 11) is 1.65. The quantitative estimate of drug-likeness (QED) is 0.523. The molecule has 0 rings (SSSR count). The fourth-order valence-electron chi connectivity index (χ4n) is 1.12. The van der Waals surface area contributed by atoms with Crippen LogP contribution in [0.3, 0.4) is 0 Å². The zero-order valence-corrected chi connectivity index (χ0v) is 11.3. The average molecular weight is 246 g/mol. The van der Waals surface area contributed by atoms with E-state index in [1.165, 1.54) is 0 Å². The summed E-state index contributed by atoms with van der Waals surface area (Å²) in [5.41, 5.74) is 0. The third-order valence-electron chi connectivity index (χ3n) is 2.44. The van der Waals surface area contributed by atoms with Gasteiger partial charge < -0.3 is 20.1 Å². The lowest BCUT2D eigenvalue weighted by atomic mass is 10.2. The van der Waals surface area contributed by atoms with Crippen molar-refractivity contribution < 1.29 is 14.3 Å². The second-order valence-corrected chi connectivity index (χ2v) is 4.00. The summed E-state index contributed by atoms with van der Waals surface area (Å²) in [6, 6.07) is 0.387. The van der Waals surface area contributed by atoms with Crippen LogP contribution in [0, 0.1) is 0 Å². The van der Waals surface area contributed by atoms with Crippen molar-refractivity contribution in [1.82, 2.24) is 10.6 Å². The Morgan fingerprint density at radius 1 is 1.29 bits per heavy atom. The van der Waals surface area contributed by atoms with Crippen LogP contribution in [0.1, 0.15) is 26.7 Å².